The van der Waals surface area contributed by atoms with E-state index in [1.807, 2.05) is 19.1 Å². The second kappa shape index (κ2) is 6.26. The molecule has 1 atom stereocenters. The molecule has 1 aliphatic rings. The second-order valence-corrected chi connectivity index (χ2v) is 5.36. The predicted octanol–water partition coefficient (Wildman–Crippen LogP) is 2.98. The van der Waals surface area contributed by atoms with Gasteiger partial charge in [-0.05, 0) is 37.1 Å². The van der Waals surface area contributed by atoms with Crippen LogP contribution in [0.15, 0.2) is 28.8 Å². The summed E-state index contributed by atoms with van der Waals surface area (Å²) in [6.45, 7) is 3.83. The molecule has 1 aliphatic heterocycles. The minimum Gasteiger partial charge on any atom is -0.497 e. The van der Waals surface area contributed by atoms with Gasteiger partial charge in [0.1, 0.15) is 5.75 Å². The molecule has 5 nitrogen and oxygen atoms in total. The van der Waals surface area contributed by atoms with Crippen LogP contribution in [0.3, 0.4) is 0 Å². The number of hydrogen-bond donors (Lipinski definition) is 0. The Morgan fingerprint density at radius 2 is 2.14 bits per heavy atom. The number of likely N-dealkylation sites (tertiary alicyclic amines) is 1. The number of aromatic nitrogens is 2. The van der Waals surface area contributed by atoms with E-state index < -0.39 is 0 Å². The summed E-state index contributed by atoms with van der Waals surface area (Å²) < 4.78 is 10.5. The van der Waals surface area contributed by atoms with Crippen molar-refractivity contribution in [1.29, 1.82) is 0 Å². The molecule has 0 aliphatic carbocycles. The van der Waals surface area contributed by atoms with Crippen LogP contribution in [0.25, 0.3) is 0 Å². The highest BCUT2D eigenvalue weighted by Crippen LogP contribution is 2.33. The minimum atomic E-state index is 0.424. The molecule has 0 bridgehead atoms. The maximum absolute atomic E-state index is 5.32. The smallest absolute Gasteiger partial charge is 0.240 e. The van der Waals surface area contributed by atoms with Crippen molar-refractivity contribution in [1.82, 2.24) is 15.0 Å². The van der Waals surface area contributed by atoms with Crippen LogP contribution >= 0.6 is 0 Å². The van der Waals surface area contributed by atoms with Gasteiger partial charge in [-0.25, -0.2) is 0 Å². The molecule has 0 amide bonds. The van der Waals surface area contributed by atoms with Crippen LogP contribution < -0.4 is 4.74 Å². The van der Waals surface area contributed by atoms with E-state index in [4.69, 9.17) is 9.26 Å². The summed E-state index contributed by atoms with van der Waals surface area (Å²) in [7, 11) is 1.69. The lowest BCUT2D eigenvalue weighted by Crippen LogP contribution is -2.22. The van der Waals surface area contributed by atoms with E-state index in [2.05, 4.69) is 27.2 Å². The van der Waals surface area contributed by atoms with Crippen LogP contribution in [0.1, 0.15) is 43.1 Å². The van der Waals surface area contributed by atoms with E-state index in [0.717, 1.165) is 31.1 Å². The first-order valence-electron chi connectivity index (χ1n) is 7.49. The van der Waals surface area contributed by atoms with Crippen LogP contribution in [0.4, 0.5) is 0 Å². The average Bonchev–Trinajstić information content (AvgIpc) is 3.17. The summed E-state index contributed by atoms with van der Waals surface area (Å²) in [5.41, 5.74) is 1.32. The number of hydrogen-bond acceptors (Lipinski definition) is 5. The molecule has 5 heteroatoms. The molecule has 3 rings (SSSR count). The first kappa shape index (κ1) is 14.1. The molecular weight excluding hydrogens is 266 g/mol. The first-order valence-corrected chi connectivity index (χ1v) is 7.49. The summed E-state index contributed by atoms with van der Waals surface area (Å²) in [4.78, 5) is 6.82. The molecule has 1 unspecified atom stereocenters. The van der Waals surface area contributed by atoms with Crippen molar-refractivity contribution < 1.29 is 9.26 Å². The normalized spacial score (nSPS) is 19.0. The van der Waals surface area contributed by atoms with Crippen LogP contribution in [0, 0.1) is 0 Å². The van der Waals surface area contributed by atoms with E-state index in [1.54, 1.807) is 7.11 Å². The Balaban J connectivity index is 1.72. The summed E-state index contributed by atoms with van der Waals surface area (Å²) in [6, 6.07) is 8.76. The van der Waals surface area contributed by atoms with Gasteiger partial charge in [0.05, 0.1) is 13.7 Å². The maximum Gasteiger partial charge on any atom is 0.240 e. The number of methoxy groups -OCH3 is 1. The van der Waals surface area contributed by atoms with Gasteiger partial charge in [0.25, 0.3) is 0 Å². The zero-order chi connectivity index (χ0) is 14.7. The van der Waals surface area contributed by atoms with Gasteiger partial charge in [0.15, 0.2) is 5.82 Å². The van der Waals surface area contributed by atoms with Crippen LogP contribution in [-0.2, 0) is 13.0 Å². The molecule has 2 heterocycles. The van der Waals surface area contributed by atoms with E-state index in [-0.39, 0.29) is 0 Å². The summed E-state index contributed by atoms with van der Waals surface area (Å²) in [5, 5.41) is 3.97. The maximum atomic E-state index is 5.32. The number of aryl methyl sites for hydroxylation is 1. The van der Waals surface area contributed by atoms with Gasteiger partial charge in [0, 0.05) is 12.5 Å². The van der Waals surface area contributed by atoms with Gasteiger partial charge in [-0.2, -0.15) is 4.98 Å². The third kappa shape index (κ3) is 3.08. The van der Waals surface area contributed by atoms with Gasteiger partial charge < -0.3 is 9.26 Å². The van der Waals surface area contributed by atoms with Crippen LogP contribution in [0.5, 0.6) is 5.75 Å². The molecule has 0 radical (unpaired) electrons. The van der Waals surface area contributed by atoms with Crippen molar-refractivity contribution in [3.05, 3.63) is 41.5 Å². The van der Waals surface area contributed by atoms with E-state index in [9.17, 15) is 0 Å². The molecule has 0 spiro atoms. The van der Waals surface area contributed by atoms with Crippen LogP contribution in [-0.4, -0.2) is 28.7 Å². The SMILES string of the molecule is CCc1noc(CN2CCCC2c2ccc(OC)cc2)n1. The fourth-order valence-corrected chi connectivity index (χ4v) is 2.89. The van der Waals surface area contributed by atoms with E-state index in [0.29, 0.717) is 11.9 Å². The van der Waals surface area contributed by atoms with Gasteiger partial charge in [-0.1, -0.05) is 24.2 Å². The van der Waals surface area contributed by atoms with Gasteiger partial charge in [-0.15, -0.1) is 0 Å². The molecular formula is C16H21N3O2. The first-order chi connectivity index (χ1) is 10.3. The minimum absolute atomic E-state index is 0.424. The van der Waals surface area contributed by atoms with Gasteiger partial charge >= 0.3 is 0 Å². The third-order valence-electron chi connectivity index (χ3n) is 4.03. The number of rotatable bonds is 5. The topological polar surface area (TPSA) is 51.4 Å². The summed E-state index contributed by atoms with van der Waals surface area (Å²) >= 11 is 0. The van der Waals surface area contributed by atoms with E-state index in [1.165, 1.54) is 18.4 Å². The highest BCUT2D eigenvalue weighted by atomic mass is 16.5. The fourth-order valence-electron chi connectivity index (χ4n) is 2.89. The van der Waals surface area contributed by atoms with Gasteiger partial charge in [-0.3, -0.25) is 4.90 Å². The monoisotopic (exact) mass is 287 g/mol. The molecule has 0 N–H and O–H groups in total. The molecule has 1 saturated heterocycles. The Labute approximate surface area is 124 Å². The molecule has 2 aromatic rings. The number of ether oxygens (including phenoxy) is 1. The molecule has 1 aromatic heterocycles. The standard InChI is InChI=1S/C16H21N3O2/c1-3-15-17-16(21-18-15)11-19-10-4-5-14(19)12-6-8-13(20-2)9-7-12/h6-9,14H,3-5,10-11H2,1-2H3. The van der Waals surface area contributed by atoms with Crippen LogP contribution in [0.2, 0.25) is 0 Å². The number of benzene rings is 1. The lowest BCUT2D eigenvalue weighted by Gasteiger charge is -2.23. The predicted molar refractivity (Wildman–Crippen MR) is 79.1 cm³/mol. The molecule has 0 saturated carbocycles. The number of nitrogens with zero attached hydrogens (tertiary/aromatic N) is 3. The summed E-state index contributed by atoms with van der Waals surface area (Å²) in [6.07, 6.45) is 3.18. The van der Waals surface area contributed by atoms with Crippen molar-refractivity contribution in [3.63, 3.8) is 0 Å². The Hall–Kier alpha value is -1.88. The summed E-state index contributed by atoms with van der Waals surface area (Å²) in [5.74, 6) is 2.39. The third-order valence-corrected chi connectivity index (χ3v) is 4.03. The van der Waals surface area contributed by atoms with Crippen molar-refractivity contribution in [3.8, 4) is 5.75 Å². The zero-order valence-electron chi connectivity index (χ0n) is 12.6. The van der Waals surface area contributed by atoms with Crippen molar-refractivity contribution in [2.24, 2.45) is 0 Å². The van der Waals surface area contributed by atoms with Crippen molar-refractivity contribution in [2.75, 3.05) is 13.7 Å². The lowest BCUT2D eigenvalue weighted by molar-refractivity contribution is 0.212. The Kier molecular flexibility index (Phi) is 4.20. The Morgan fingerprint density at radius 1 is 1.33 bits per heavy atom. The molecule has 21 heavy (non-hydrogen) atoms. The molecule has 1 aromatic carbocycles. The molecule has 112 valence electrons. The highest BCUT2D eigenvalue weighted by molar-refractivity contribution is 5.29. The second-order valence-electron chi connectivity index (χ2n) is 5.36. The molecule has 1 fully saturated rings. The van der Waals surface area contributed by atoms with Crippen molar-refractivity contribution >= 4 is 0 Å². The Morgan fingerprint density at radius 3 is 2.81 bits per heavy atom. The zero-order valence-corrected chi connectivity index (χ0v) is 12.6. The average molecular weight is 287 g/mol. The van der Waals surface area contributed by atoms with E-state index >= 15 is 0 Å². The van der Waals surface area contributed by atoms with Crippen molar-refractivity contribution in [2.45, 2.75) is 38.8 Å². The van der Waals surface area contributed by atoms with Gasteiger partial charge in [0.2, 0.25) is 5.89 Å². The Bertz CT molecular complexity index is 579. The quantitative estimate of drug-likeness (QED) is 0.846. The largest absolute Gasteiger partial charge is 0.497 e. The highest BCUT2D eigenvalue weighted by Gasteiger charge is 2.27. The fraction of sp³-hybridized carbons (Fsp3) is 0.500. The lowest BCUT2D eigenvalue weighted by atomic mass is 10.0.